The first kappa shape index (κ1) is 14.0. The molecule has 3 heteroatoms. The van der Waals surface area contributed by atoms with Crippen molar-refractivity contribution in [2.75, 3.05) is 26.2 Å². The number of nitrogens with one attached hydrogen (secondary N) is 1. The number of halogens is 1. The van der Waals surface area contributed by atoms with Gasteiger partial charge in [-0.15, -0.1) is 0 Å². The summed E-state index contributed by atoms with van der Waals surface area (Å²) >= 11 is 5.57. The first-order chi connectivity index (χ1) is 7.81. The fraction of sp³-hybridized carbons (Fsp3) is 0.846. The van der Waals surface area contributed by atoms with E-state index in [1.807, 2.05) is 6.08 Å². The summed E-state index contributed by atoms with van der Waals surface area (Å²) in [6.07, 6.45) is 5.80. The van der Waals surface area contributed by atoms with Crippen LogP contribution < -0.4 is 5.32 Å². The molecule has 1 aliphatic rings. The van der Waals surface area contributed by atoms with Gasteiger partial charge in [0.1, 0.15) is 0 Å². The Bertz CT molecular complexity index is 206. The molecule has 0 radical (unpaired) electrons. The lowest BCUT2D eigenvalue weighted by Crippen LogP contribution is -2.49. The number of hydrogen-bond donors (Lipinski definition) is 1. The van der Waals surface area contributed by atoms with Crippen LogP contribution in [0.25, 0.3) is 0 Å². The smallest absolute Gasteiger partial charge is 0.0174 e. The first-order valence-electron chi connectivity index (χ1n) is 6.52. The topological polar surface area (TPSA) is 15.3 Å². The molecular formula is C13H25ClN2. The number of rotatable bonds is 6. The molecule has 0 aromatic carbocycles. The molecule has 1 heterocycles. The van der Waals surface area contributed by atoms with Crippen molar-refractivity contribution >= 4 is 11.6 Å². The maximum absolute atomic E-state index is 5.57. The van der Waals surface area contributed by atoms with Crippen molar-refractivity contribution in [3.05, 3.63) is 11.6 Å². The monoisotopic (exact) mass is 244 g/mol. The Labute approximate surface area is 105 Å². The minimum absolute atomic E-state index is 0.723. The van der Waals surface area contributed by atoms with Crippen molar-refractivity contribution in [3.8, 4) is 0 Å². The van der Waals surface area contributed by atoms with Crippen LogP contribution in [0, 0.1) is 5.92 Å². The van der Waals surface area contributed by atoms with E-state index in [1.165, 1.54) is 32.4 Å². The number of hydrogen-bond acceptors (Lipinski definition) is 2. The summed E-state index contributed by atoms with van der Waals surface area (Å²) < 4.78 is 0. The number of piperidine rings is 1. The van der Waals surface area contributed by atoms with Gasteiger partial charge in [-0.3, -0.25) is 4.90 Å². The summed E-state index contributed by atoms with van der Waals surface area (Å²) in [6, 6.07) is 0.723. The molecule has 0 spiro atoms. The van der Waals surface area contributed by atoms with Gasteiger partial charge in [-0.2, -0.15) is 0 Å². The Morgan fingerprint density at radius 3 is 2.88 bits per heavy atom. The molecule has 0 bridgehead atoms. The minimum Gasteiger partial charge on any atom is -0.314 e. The van der Waals surface area contributed by atoms with E-state index in [0.717, 1.165) is 25.0 Å². The summed E-state index contributed by atoms with van der Waals surface area (Å²) in [6.45, 7) is 9.09. The molecular weight excluding hydrogens is 220 g/mol. The highest BCUT2D eigenvalue weighted by molar-refractivity contribution is 6.25. The van der Waals surface area contributed by atoms with Gasteiger partial charge in [-0.05, 0) is 31.8 Å². The van der Waals surface area contributed by atoms with Gasteiger partial charge < -0.3 is 5.32 Å². The van der Waals surface area contributed by atoms with Crippen LogP contribution in [-0.4, -0.2) is 37.1 Å². The number of nitrogens with zero attached hydrogens (tertiary/aromatic N) is 1. The second kappa shape index (κ2) is 8.10. The molecule has 0 saturated carbocycles. The molecule has 0 aromatic heterocycles. The van der Waals surface area contributed by atoms with Gasteiger partial charge in [0, 0.05) is 24.7 Å². The van der Waals surface area contributed by atoms with E-state index >= 15 is 0 Å². The second-order valence-corrected chi connectivity index (χ2v) is 4.89. The maximum atomic E-state index is 5.57. The molecule has 2 atom stereocenters. The fourth-order valence-corrected chi connectivity index (χ4v) is 2.55. The van der Waals surface area contributed by atoms with Gasteiger partial charge in [0.25, 0.3) is 0 Å². The quantitative estimate of drug-likeness (QED) is 0.773. The zero-order valence-corrected chi connectivity index (χ0v) is 11.3. The van der Waals surface area contributed by atoms with Crippen molar-refractivity contribution in [2.24, 2.45) is 5.92 Å². The van der Waals surface area contributed by atoms with Crippen LogP contribution in [0.5, 0.6) is 0 Å². The largest absolute Gasteiger partial charge is 0.314 e. The lowest BCUT2D eigenvalue weighted by atomic mass is 9.90. The summed E-state index contributed by atoms with van der Waals surface area (Å²) in [4.78, 5) is 2.50. The molecule has 2 nitrogen and oxygen atoms in total. The predicted molar refractivity (Wildman–Crippen MR) is 71.9 cm³/mol. The zero-order valence-electron chi connectivity index (χ0n) is 10.6. The summed E-state index contributed by atoms with van der Waals surface area (Å²) in [5, 5.41) is 3.68. The molecule has 0 amide bonds. The van der Waals surface area contributed by atoms with E-state index in [2.05, 4.69) is 24.1 Å². The molecule has 0 aliphatic carbocycles. The fourth-order valence-electron chi connectivity index (χ4n) is 2.47. The van der Waals surface area contributed by atoms with Gasteiger partial charge in [0.2, 0.25) is 0 Å². The van der Waals surface area contributed by atoms with Crippen molar-refractivity contribution in [2.45, 2.75) is 39.2 Å². The van der Waals surface area contributed by atoms with Gasteiger partial charge in [0.15, 0.2) is 0 Å². The normalized spacial score (nSPS) is 27.7. The van der Waals surface area contributed by atoms with Crippen molar-refractivity contribution in [1.82, 2.24) is 10.2 Å². The Balaban J connectivity index is 2.37. The molecule has 16 heavy (non-hydrogen) atoms. The van der Waals surface area contributed by atoms with Gasteiger partial charge in [0.05, 0.1) is 0 Å². The van der Waals surface area contributed by atoms with E-state index in [4.69, 9.17) is 11.6 Å². The van der Waals surface area contributed by atoms with E-state index < -0.39 is 0 Å². The van der Waals surface area contributed by atoms with E-state index in [0.29, 0.717) is 0 Å². The Kier molecular flexibility index (Phi) is 7.10. The lowest BCUT2D eigenvalue weighted by Gasteiger charge is -2.38. The van der Waals surface area contributed by atoms with Crippen molar-refractivity contribution in [1.29, 1.82) is 0 Å². The Morgan fingerprint density at radius 1 is 1.44 bits per heavy atom. The first-order valence-corrected chi connectivity index (χ1v) is 6.96. The summed E-state index contributed by atoms with van der Waals surface area (Å²) in [7, 11) is 0. The lowest BCUT2D eigenvalue weighted by molar-refractivity contribution is 0.147. The maximum Gasteiger partial charge on any atom is 0.0174 e. The third-order valence-corrected chi connectivity index (χ3v) is 3.63. The molecule has 94 valence electrons. The van der Waals surface area contributed by atoms with Crippen LogP contribution in [0.15, 0.2) is 11.6 Å². The molecule has 1 rings (SSSR count). The van der Waals surface area contributed by atoms with Crippen LogP contribution in [0.1, 0.15) is 33.1 Å². The average Bonchev–Trinajstić information content (AvgIpc) is 2.34. The molecule has 1 saturated heterocycles. The SMILES string of the molecule is CCCNC1CCN(C/C=C/Cl)CC1CC. The van der Waals surface area contributed by atoms with Crippen LogP contribution in [0.3, 0.4) is 0 Å². The van der Waals surface area contributed by atoms with Crippen LogP contribution in [0.2, 0.25) is 0 Å². The van der Waals surface area contributed by atoms with Crippen molar-refractivity contribution in [3.63, 3.8) is 0 Å². The van der Waals surface area contributed by atoms with Gasteiger partial charge in [-0.1, -0.05) is 37.9 Å². The summed E-state index contributed by atoms with van der Waals surface area (Å²) in [5.74, 6) is 0.795. The molecule has 1 fully saturated rings. The summed E-state index contributed by atoms with van der Waals surface area (Å²) in [5.41, 5.74) is 1.63. The molecule has 0 aromatic rings. The average molecular weight is 245 g/mol. The highest BCUT2D eigenvalue weighted by Crippen LogP contribution is 2.20. The van der Waals surface area contributed by atoms with Crippen LogP contribution >= 0.6 is 11.6 Å². The van der Waals surface area contributed by atoms with Crippen molar-refractivity contribution < 1.29 is 0 Å². The standard InChI is InChI=1S/C13H25ClN2/c1-3-8-15-13-6-10-16(9-5-7-14)11-12(13)4-2/h5,7,12-13,15H,3-4,6,8-11H2,1-2H3/b7-5+. The molecule has 1 aliphatic heterocycles. The second-order valence-electron chi connectivity index (χ2n) is 4.64. The third-order valence-electron chi connectivity index (χ3n) is 3.45. The highest BCUT2D eigenvalue weighted by atomic mass is 35.5. The van der Waals surface area contributed by atoms with Crippen LogP contribution in [-0.2, 0) is 0 Å². The van der Waals surface area contributed by atoms with E-state index in [9.17, 15) is 0 Å². The minimum atomic E-state index is 0.723. The van der Waals surface area contributed by atoms with E-state index in [-0.39, 0.29) is 0 Å². The van der Waals surface area contributed by atoms with Crippen LogP contribution in [0.4, 0.5) is 0 Å². The van der Waals surface area contributed by atoms with E-state index in [1.54, 1.807) is 5.54 Å². The molecule has 1 N–H and O–H groups in total. The Hall–Kier alpha value is -0.0500. The highest BCUT2D eigenvalue weighted by Gasteiger charge is 2.26. The number of likely N-dealkylation sites (tertiary alicyclic amines) is 1. The van der Waals surface area contributed by atoms with Gasteiger partial charge in [-0.25, -0.2) is 0 Å². The molecule has 2 unspecified atom stereocenters. The van der Waals surface area contributed by atoms with Gasteiger partial charge >= 0.3 is 0 Å². The Morgan fingerprint density at radius 2 is 2.25 bits per heavy atom. The third kappa shape index (κ3) is 4.44. The zero-order chi connectivity index (χ0) is 11.8. The predicted octanol–water partition coefficient (Wildman–Crippen LogP) is 2.84.